The Morgan fingerprint density at radius 2 is 2.21 bits per heavy atom. The van der Waals surface area contributed by atoms with E-state index in [9.17, 15) is 0 Å². The van der Waals surface area contributed by atoms with Crippen molar-refractivity contribution in [3.63, 3.8) is 0 Å². The molecule has 0 fully saturated rings. The lowest BCUT2D eigenvalue weighted by Gasteiger charge is -2.01. The first-order chi connectivity index (χ1) is 6.86. The highest BCUT2D eigenvalue weighted by atomic mass is 16.3. The number of rotatable bonds is 2. The maximum absolute atomic E-state index is 9.13. The molecule has 0 unspecified atom stereocenters. The molecule has 1 N–H and O–H groups in total. The van der Waals surface area contributed by atoms with E-state index in [2.05, 4.69) is 5.92 Å². The normalized spacial score (nSPS) is 10.3. The van der Waals surface area contributed by atoms with Crippen molar-refractivity contribution in [3.8, 4) is 12.3 Å². The number of aromatic nitrogens is 1. The number of fused-ring (bicyclic) bond motifs is 1. The molecular formula is C12H11NO. The Balaban J connectivity index is 2.64. The molecule has 0 saturated carbocycles. The summed E-state index contributed by atoms with van der Waals surface area (Å²) in [6.45, 7) is 0.635. The minimum Gasteiger partial charge on any atom is -0.392 e. The van der Waals surface area contributed by atoms with Gasteiger partial charge < -0.3 is 9.67 Å². The number of hydrogen-bond acceptors (Lipinski definition) is 1. The number of terminal acetylenes is 1. The first kappa shape index (κ1) is 8.86. The molecule has 0 aliphatic rings. The van der Waals surface area contributed by atoms with E-state index < -0.39 is 0 Å². The third kappa shape index (κ3) is 1.28. The first-order valence-electron chi connectivity index (χ1n) is 4.48. The van der Waals surface area contributed by atoms with Gasteiger partial charge in [-0.2, -0.15) is 0 Å². The maximum Gasteiger partial charge on any atom is 0.0834 e. The standard InChI is InChI=1S/C12H11NO/c1-2-7-13-8-6-11-10(9-14)4-3-5-12(11)13/h1,3-6,8,14H,7,9H2. The van der Waals surface area contributed by atoms with Gasteiger partial charge in [-0.15, -0.1) is 6.42 Å². The van der Waals surface area contributed by atoms with E-state index in [-0.39, 0.29) is 6.61 Å². The summed E-state index contributed by atoms with van der Waals surface area (Å²) in [4.78, 5) is 0. The topological polar surface area (TPSA) is 25.2 Å². The molecule has 0 amide bonds. The van der Waals surface area contributed by atoms with Gasteiger partial charge in [-0.3, -0.25) is 0 Å². The number of aliphatic hydroxyl groups is 1. The van der Waals surface area contributed by atoms with Crippen molar-refractivity contribution in [2.24, 2.45) is 0 Å². The van der Waals surface area contributed by atoms with Crippen LogP contribution in [0.25, 0.3) is 10.9 Å². The van der Waals surface area contributed by atoms with Crippen LogP contribution in [0.3, 0.4) is 0 Å². The molecule has 2 heteroatoms. The summed E-state index contributed by atoms with van der Waals surface area (Å²) in [6.07, 6.45) is 7.21. The van der Waals surface area contributed by atoms with Gasteiger partial charge in [0.2, 0.25) is 0 Å². The molecule has 0 radical (unpaired) electrons. The molecule has 0 saturated heterocycles. The highest BCUT2D eigenvalue weighted by Gasteiger charge is 2.03. The van der Waals surface area contributed by atoms with Gasteiger partial charge in [0.15, 0.2) is 0 Å². The fourth-order valence-corrected chi connectivity index (χ4v) is 1.66. The molecule has 1 aromatic carbocycles. The molecule has 0 aliphatic heterocycles. The highest BCUT2D eigenvalue weighted by molar-refractivity contribution is 5.83. The summed E-state index contributed by atoms with van der Waals surface area (Å²) >= 11 is 0. The van der Waals surface area contributed by atoms with Crippen LogP contribution in [0.15, 0.2) is 30.5 Å². The second kappa shape index (κ2) is 3.57. The molecule has 14 heavy (non-hydrogen) atoms. The lowest BCUT2D eigenvalue weighted by Crippen LogP contribution is -1.92. The second-order valence-corrected chi connectivity index (χ2v) is 3.16. The molecule has 2 rings (SSSR count). The molecule has 0 atom stereocenters. The van der Waals surface area contributed by atoms with E-state index in [1.807, 2.05) is 35.0 Å². The summed E-state index contributed by atoms with van der Waals surface area (Å²) in [5.41, 5.74) is 2.02. The third-order valence-electron chi connectivity index (χ3n) is 2.34. The van der Waals surface area contributed by atoms with Crippen molar-refractivity contribution in [2.45, 2.75) is 13.2 Å². The summed E-state index contributed by atoms with van der Waals surface area (Å²) in [5.74, 6) is 2.60. The smallest absolute Gasteiger partial charge is 0.0834 e. The Morgan fingerprint density at radius 1 is 1.36 bits per heavy atom. The molecule has 0 spiro atoms. The first-order valence-corrected chi connectivity index (χ1v) is 4.48. The van der Waals surface area contributed by atoms with E-state index in [4.69, 9.17) is 11.5 Å². The summed E-state index contributed by atoms with van der Waals surface area (Å²) in [6, 6.07) is 7.84. The predicted octanol–water partition coefficient (Wildman–Crippen LogP) is 1.77. The van der Waals surface area contributed by atoms with Crippen LogP contribution in [0, 0.1) is 12.3 Å². The van der Waals surface area contributed by atoms with E-state index >= 15 is 0 Å². The highest BCUT2D eigenvalue weighted by Crippen LogP contribution is 2.19. The molecule has 70 valence electrons. The van der Waals surface area contributed by atoms with Crippen LogP contribution >= 0.6 is 0 Å². The van der Waals surface area contributed by atoms with Crippen LogP contribution in [0.4, 0.5) is 0 Å². The van der Waals surface area contributed by atoms with Gasteiger partial charge in [-0.25, -0.2) is 0 Å². The molecular weight excluding hydrogens is 174 g/mol. The molecule has 1 heterocycles. The zero-order valence-electron chi connectivity index (χ0n) is 7.77. The molecule has 2 aromatic rings. The Morgan fingerprint density at radius 3 is 2.93 bits per heavy atom. The van der Waals surface area contributed by atoms with Crippen molar-refractivity contribution in [2.75, 3.05) is 0 Å². The van der Waals surface area contributed by atoms with E-state index in [0.717, 1.165) is 16.5 Å². The number of benzene rings is 1. The van der Waals surface area contributed by atoms with E-state index in [1.165, 1.54) is 0 Å². The van der Waals surface area contributed by atoms with E-state index in [0.29, 0.717) is 6.54 Å². The van der Waals surface area contributed by atoms with Gasteiger partial charge in [0.05, 0.1) is 13.2 Å². The largest absolute Gasteiger partial charge is 0.392 e. The molecule has 1 aromatic heterocycles. The third-order valence-corrected chi connectivity index (χ3v) is 2.34. The fraction of sp³-hybridized carbons (Fsp3) is 0.167. The van der Waals surface area contributed by atoms with Crippen molar-refractivity contribution in [1.29, 1.82) is 0 Å². The van der Waals surface area contributed by atoms with Crippen LogP contribution in [0.1, 0.15) is 5.56 Å². The quantitative estimate of drug-likeness (QED) is 0.709. The summed E-state index contributed by atoms with van der Waals surface area (Å²) in [5, 5.41) is 10.2. The zero-order chi connectivity index (χ0) is 9.97. The van der Waals surface area contributed by atoms with E-state index in [1.54, 1.807) is 0 Å². The summed E-state index contributed by atoms with van der Waals surface area (Å²) in [7, 11) is 0. The average Bonchev–Trinajstić information content (AvgIpc) is 2.62. The predicted molar refractivity (Wildman–Crippen MR) is 56.7 cm³/mol. The molecule has 0 aliphatic carbocycles. The van der Waals surface area contributed by atoms with Crippen molar-refractivity contribution < 1.29 is 5.11 Å². The van der Waals surface area contributed by atoms with Gasteiger partial charge in [-0.1, -0.05) is 18.1 Å². The van der Waals surface area contributed by atoms with Gasteiger partial charge in [0.25, 0.3) is 0 Å². The summed E-state index contributed by atoms with van der Waals surface area (Å²) < 4.78 is 1.99. The van der Waals surface area contributed by atoms with Crippen LogP contribution < -0.4 is 0 Å². The number of aliphatic hydroxyl groups excluding tert-OH is 1. The second-order valence-electron chi connectivity index (χ2n) is 3.16. The molecule has 2 nitrogen and oxygen atoms in total. The monoisotopic (exact) mass is 185 g/mol. The van der Waals surface area contributed by atoms with Gasteiger partial charge in [0, 0.05) is 17.1 Å². The zero-order valence-corrected chi connectivity index (χ0v) is 7.77. The Kier molecular flexibility index (Phi) is 2.26. The van der Waals surface area contributed by atoms with Gasteiger partial charge in [-0.05, 0) is 17.7 Å². The molecule has 0 bridgehead atoms. The van der Waals surface area contributed by atoms with Crippen LogP contribution in [-0.2, 0) is 13.2 Å². The maximum atomic E-state index is 9.13. The average molecular weight is 185 g/mol. The Bertz CT molecular complexity index is 490. The number of nitrogens with zero attached hydrogens (tertiary/aromatic N) is 1. The fourth-order valence-electron chi connectivity index (χ4n) is 1.66. The van der Waals surface area contributed by atoms with Gasteiger partial charge >= 0.3 is 0 Å². The van der Waals surface area contributed by atoms with Gasteiger partial charge in [0.1, 0.15) is 0 Å². The number of hydrogen-bond donors (Lipinski definition) is 1. The minimum atomic E-state index is 0.0669. The van der Waals surface area contributed by atoms with Crippen molar-refractivity contribution in [3.05, 3.63) is 36.0 Å². The Hall–Kier alpha value is -1.72. The lowest BCUT2D eigenvalue weighted by atomic mass is 10.1. The van der Waals surface area contributed by atoms with Crippen molar-refractivity contribution in [1.82, 2.24) is 4.57 Å². The SMILES string of the molecule is C#CCn1ccc2c(CO)cccc21. The van der Waals surface area contributed by atoms with Crippen LogP contribution in [0.5, 0.6) is 0 Å². The lowest BCUT2D eigenvalue weighted by molar-refractivity contribution is 0.283. The van der Waals surface area contributed by atoms with Crippen molar-refractivity contribution >= 4 is 10.9 Å². The van der Waals surface area contributed by atoms with Crippen LogP contribution in [-0.4, -0.2) is 9.67 Å². The van der Waals surface area contributed by atoms with Crippen LogP contribution in [0.2, 0.25) is 0 Å². The Labute approximate surface area is 82.8 Å². The minimum absolute atomic E-state index is 0.0669.